The summed E-state index contributed by atoms with van der Waals surface area (Å²) in [5, 5.41) is 2.65. The zero-order chi connectivity index (χ0) is 9.14. The van der Waals surface area contributed by atoms with Crippen molar-refractivity contribution in [3.8, 4) is 0 Å². The quantitative estimate of drug-likeness (QED) is 0.792. The third-order valence-corrected chi connectivity index (χ3v) is 1.29. The first-order valence-corrected chi connectivity index (χ1v) is 3.21. The summed E-state index contributed by atoms with van der Waals surface area (Å²) in [5.74, 6) is -0.480. The van der Waals surface area contributed by atoms with Crippen LogP contribution in [-0.4, -0.2) is 22.9 Å². The van der Waals surface area contributed by atoms with Gasteiger partial charge in [-0.05, 0) is 6.20 Å². The van der Waals surface area contributed by atoms with E-state index >= 15 is 0 Å². The Balaban J connectivity index is 0.00000144. The van der Waals surface area contributed by atoms with Crippen molar-refractivity contribution in [2.45, 2.75) is 0 Å². The van der Waals surface area contributed by atoms with Crippen LogP contribution in [0.4, 0.5) is 11.8 Å². The van der Waals surface area contributed by atoms with Crippen molar-refractivity contribution in [2.75, 3.05) is 12.4 Å². The van der Waals surface area contributed by atoms with Crippen LogP contribution in [0.15, 0.2) is 6.20 Å². The molecule has 0 saturated carbocycles. The number of hydrogen-bond donors (Lipinski definition) is 2. The Morgan fingerprint density at radius 2 is 2.31 bits per heavy atom. The summed E-state index contributed by atoms with van der Waals surface area (Å²) in [7, 11) is 1.59. The average Bonchev–Trinajstić information content (AvgIpc) is 2.03. The van der Waals surface area contributed by atoms with E-state index in [1.54, 1.807) is 7.05 Å². The zero-order valence-electron chi connectivity index (χ0n) is 7.03. The molecule has 0 aliphatic carbocycles. The van der Waals surface area contributed by atoms with Crippen LogP contribution < -0.4 is 11.1 Å². The molecule has 0 aliphatic heterocycles. The number of aromatic nitrogens is 2. The zero-order valence-corrected chi connectivity index (χ0v) is 9.87. The number of nitrogens with one attached hydrogen (secondary N) is 2. The van der Waals surface area contributed by atoms with Gasteiger partial charge in [0.25, 0.3) is 5.91 Å². The molecule has 1 radical (unpaired) electrons. The van der Waals surface area contributed by atoms with Gasteiger partial charge < -0.3 is 26.8 Å². The molecular weight excluding hydrogens is 247 g/mol. The van der Waals surface area contributed by atoms with Crippen LogP contribution in [0.1, 0.15) is 10.4 Å². The van der Waals surface area contributed by atoms with Crippen molar-refractivity contribution in [3.63, 3.8) is 0 Å². The van der Waals surface area contributed by atoms with E-state index in [0.717, 1.165) is 0 Å². The van der Waals surface area contributed by atoms with Gasteiger partial charge in [-0.15, -0.1) is 0 Å². The molecule has 0 bridgehead atoms. The number of carbonyl (C=O) groups is 1. The second kappa shape index (κ2) is 5.09. The van der Waals surface area contributed by atoms with E-state index in [-0.39, 0.29) is 50.0 Å². The van der Waals surface area contributed by atoms with Gasteiger partial charge in [0, 0.05) is 45.7 Å². The molecule has 13 heavy (non-hydrogen) atoms. The number of amides is 1. The molecule has 0 saturated heterocycles. The molecule has 0 spiro atoms. The van der Waals surface area contributed by atoms with E-state index in [1.807, 2.05) is 0 Å². The van der Waals surface area contributed by atoms with E-state index in [0.29, 0.717) is 0 Å². The van der Waals surface area contributed by atoms with Gasteiger partial charge in [0.15, 0.2) is 0 Å². The summed E-state index contributed by atoms with van der Waals surface area (Å²) >= 11 is 0. The van der Waals surface area contributed by atoms with Crippen LogP contribution in [-0.2, 0) is 32.7 Å². The number of nitrogens with two attached hydrogens (primary N) is 1. The fraction of sp³-hybridized carbons (Fsp3) is 0.167. The van der Waals surface area contributed by atoms with Crippen molar-refractivity contribution in [3.05, 3.63) is 17.5 Å². The molecule has 1 heterocycles. The first-order chi connectivity index (χ1) is 5.65. The van der Waals surface area contributed by atoms with Crippen molar-refractivity contribution >= 4 is 17.7 Å². The van der Waals surface area contributed by atoms with E-state index < -0.39 is 5.91 Å². The average molecular weight is 255 g/mol. The Kier molecular flexibility index (Phi) is 4.79. The smallest absolute Gasteiger partial charge is 0.251 e. The summed E-state index contributed by atoms with van der Waals surface area (Å²) in [6.07, 6.45) is 1.23. The van der Waals surface area contributed by atoms with Gasteiger partial charge in [0.05, 0.1) is 11.4 Å². The monoisotopic (exact) mass is 255 g/mol. The van der Waals surface area contributed by atoms with Gasteiger partial charge >= 0.3 is 0 Å². The van der Waals surface area contributed by atoms with E-state index in [2.05, 4.69) is 15.3 Å². The molecule has 1 aromatic heterocycles. The van der Waals surface area contributed by atoms with Crippen molar-refractivity contribution in [1.82, 2.24) is 9.97 Å². The molecule has 0 fully saturated rings. The SMILES string of the molecule is CNc1nc([NH-])ncc1C(N)=O.[Y]. The predicted octanol–water partition coefficient (Wildman–Crippen LogP) is 0.298. The minimum atomic E-state index is -0.612. The van der Waals surface area contributed by atoms with Crippen LogP contribution in [0.2, 0.25) is 0 Å². The Hall–Kier alpha value is -0.746. The van der Waals surface area contributed by atoms with Gasteiger partial charge in [0.2, 0.25) is 0 Å². The number of rotatable bonds is 2. The summed E-state index contributed by atoms with van der Waals surface area (Å²) < 4.78 is 0. The standard InChI is InChI=1S/C6H9N5O.Y/c1-9-5-3(4(7)12)2-10-6(8)11-5;/h2H,1H3,(H5,7,8,9,10,11,12);/p-1. The third-order valence-electron chi connectivity index (χ3n) is 1.29. The first kappa shape index (κ1) is 12.3. The Labute approximate surface area is 100 Å². The predicted molar refractivity (Wildman–Crippen MR) is 44.1 cm³/mol. The second-order valence-corrected chi connectivity index (χ2v) is 2.07. The molecule has 0 unspecified atom stereocenters. The van der Waals surface area contributed by atoms with E-state index in [1.165, 1.54) is 6.20 Å². The molecule has 1 rings (SSSR count). The summed E-state index contributed by atoms with van der Waals surface area (Å²) in [6.45, 7) is 0. The van der Waals surface area contributed by atoms with Crippen molar-refractivity contribution < 1.29 is 37.5 Å². The van der Waals surface area contributed by atoms with E-state index in [9.17, 15) is 4.79 Å². The summed E-state index contributed by atoms with van der Waals surface area (Å²) in [4.78, 5) is 17.9. The fourth-order valence-electron chi connectivity index (χ4n) is 0.753. The van der Waals surface area contributed by atoms with Crippen LogP contribution in [0.3, 0.4) is 0 Å². The molecule has 0 atom stereocenters. The van der Waals surface area contributed by atoms with Crippen molar-refractivity contribution in [1.29, 1.82) is 0 Å². The Morgan fingerprint density at radius 1 is 1.69 bits per heavy atom. The fourth-order valence-corrected chi connectivity index (χ4v) is 0.753. The van der Waals surface area contributed by atoms with Gasteiger partial charge in [-0.3, -0.25) is 4.79 Å². The van der Waals surface area contributed by atoms with Gasteiger partial charge in [0.1, 0.15) is 0 Å². The molecule has 6 nitrogen and oxygen atoms in total. The van der Waals surface area contributed by atoms with Crippen LogP contribution >= 0.6 is 0 Å². The molecule has 7 heteroatoms. The normalized spacial score (nSPS) is 8.69. The van der Waals surface area contributed by atoms with Gasteiger partial charge in [-0.1, -0.05) is 0 Å². The molecule has 1 aromatic rings. The second-order valence-electron chi connectivity index (χ2n) is 2.07. The topological polar surface area (TPSA) is 105 Å². The molecule has 1 amide bonds. The first-order valence-electron chi connectivity index (χ1n) is 3.21. The number of nitrogens with zero attached hydrogens (tertiary/aromatic N) is 2. The molecular formula is C6H8N5OY-. The number of anilines is 1. The van der Waals surface area contributed by atoms with Gasteiger partial charge in [-0.25, -0.2) is 0 Å². The van der Waals surface area contributed by atoms with E-state index in [4.69, 9.17) is 11.5 Å². The Bertz CT molecular complexity index is 316. The van der Waals surface area contributed by atoms with Gasteiger partial charge in [-0.2, -0.15) is 0 Å². The minimum Gasteiger partial charge on any atom is -0.410 e. The number of carbonyl (C=O) groups excluding carboxylic acids is 1. The summed E-state index contributed by atoms with van der Waals surface area (Å²) in [5.41, 5.74) is 12.3. The van der Waals surface area contributed by atoms with Crippen LogP contribution in [0.5, 0.6) is 0 Å². The minimum absolute atomic E-state index is 0. The molecule has 4 N–H and O–H groups in total. The maximum Gasteiger partial charge on any atom is 0.251 e. The summed E-state index contributed by atoms with van der Waals surface area (Å²) in [6, 6.07) is 0. The van der Waals surface area contributed by atoms with Crippen LogP contribution in [0, 0.1) is 0 Å². The maximum atomic E-state index is 10.7. The number of primary amides is 1. The largest absolute Gasteiger partial charge is 0.410 e. The maximum absolute atomic E-state index is 10.7. The van der Waals surface area contributed by atoms with Crippen LogP contribution in [0.25, 0.3) is 5.73 Å². The number of hydrogen-bond acceptors (Lipinski definition) is 4. The molecule has 0 aromatic carbocycles. The van der Waals surface area contributed by atoms with Crippen molar-refractivity contribution in [2.24, 2.45) is 5.73 Å². The molecule has 67 valence electrons. The Morgan fingerprint density at radius 3 is 2.77 bits per heavy atom. The molecule has 0 aliphatic rings. The third kappa shape index (κ3) is 2.89.